The molecule has 2 heterocycles. The van der Waals surface area contributed by atoms with Crippen molar-refractivity contribution in [3.05, 3.63) is 0 Å². The van der Waals surface area contributed by atoms with Crippen LogP contribution in [-0.2, 0) is 9.53 Å². The summed E-state index contributed by atoms with van der Waals surface area (Å²) < 4.78 is 5.74. The van der Waals surface area contributed by atoms with Gasteiger partial charge < -0.3 is 15.0 Å². The Bertz CT molecular complexity index is 272. The summed E-state index contributed by atoms with van der Waals surface area (Å²) in [7, 11) is 0. The molecule has 2 unspecified atom stereocenters. The molecule has 2 atom stereocenters. The number of ether oxygens (including phenoxy) is 1. The summed E-state index contributed by atoms with van der Waals surface area (Å²) in [5.74, 6) is 0.202. The summed E-state index contributed by atoms with van der Waals surface area (Å²) in [5, 5.41) is 3.18. The van der Waals surface area contributed by atoms with Gasteiger partial charge in [-0.3, -0.25) is 9.69 Å². The van der Waals surface area contributed by atoms with Crippen molar-refractivity contribution in [2.75, 3.05) is 45.9 Å². The second-order valence-corrected chi connectivity index (χ2v) is 4.85. The van der Waals surface area contributed by atoms with Gasteiger partial charge in [0.2, 0.25) is 5.91 Å². The van der Waals surface area contributed by atoms with E-state index in [1.807, 2.05) is 11.8 Å². The molecule has 0 saturated carbocycles. The fraction of sp³-hybridized carbons (Fsp3) is 0.917. The minimum absolute atomic E-state index is 0.0466. The first-order valence-corrected chi connectivity index (χ1v) is 6.57. The molecule has 2 fully saturated rings. The number of nitrogens with one attached hydrogen (secondary N) is 1. The third-order valence-corrected chi connectivity index (χ3v) is 3.61. The highest BCUT2D eigenvalue weighted by Gasteiger charge is 2.28. The number of nitrogens with zero attached hydrogens (tertiary/aromatic N) is 2. The lowest BCUT2D eigenvalue weighted by Crippen LogP contribution is -2.57. The van der Waals surface area contributed by atoms with Crippen molar-refractivity contribution < 1.29 is 9.53 Å². The fourth-order valence-electron chi connectivity index (χ4n) is 2.49. The van der Waals surface area contributed by atoms with E-state index in [9.17, 15) is 4.79 Å². The molecular formula is C12H23N3O2. The maximum atomic E-state index is 11.9. The maximum absolute atomic E-state index is 11.9. The molecule has 5 nitrogen and oxygen atoms in total. The van der Waals surface area contributed by atoms with Crippen LogP contribution in [0.5, 0.6) is 0 Å². The minimum Gasteiger partial charge on any atom is -0.374 e. The summed E-state index contributed by atoms with van der Waals surface area (Å²) >= 11 is 0. The number of carbonyl (C=O) groups is 1. The molecule has 0 aliphatic carbocycles. The van der Waals surface area contributed by atoms with E-state index in [-0.39, 0.29) is 18.1 Å². The van der Waals surface area contributed by atoms with E-state index < -0.39 is 0 Å². The molecule has 1 N–H and O–H groups in total. The molecule has 0 spiro atoms. The van der Waals surface area contributed by atoms with E-state index in [2.05, 4.69) is 17.1 Å². The van der Waals surface area contributed by atoms with Crippen LogP contribution < -0.4 is 5.32 Å². The molecule has 0 bridgehead atoms. The standard InChI is InChI=1S/C12H23N3O2/c1-3-14-6-7-17-11(8-14)9-15-5-4-13-10(2)12(15)16/h10-11,13H,3-9H2,1-2H3. The van der Waals surface area contributed by atoms with Crippen LogP contribution in [0.1, 0.15) is 13.8 Å². The van der Waals surface area contributed by atoms with Crippen LogP contribution in [0.15, 0.2) is 0 Å². The average Bonchev–Trinajstić information content (AvgIpc) is 2.35. The van der Waals surface area contributed by atoms with Gasteiger partial charge in [0.15, 0.2) is 0 Å². The van der Waals surface area contributed by atoms with Gasteiger partial charge in [-0.25, -0.2) is 0 Å². The summed E-state index contributed by atoms with van der Waals surface area (Å²) in [6.45, 7) is 10.3. The van der Waals surface area contributed by atoms with Crippen molar-refractivity contribution in [2.45, 2.75) is 26.0 Å². The van der Waals surface area contributed by atoms with Crippen molar-refractivity contribution in [1.29, 1.82) is 0 Å². The first kappa shape index (κ1) is 12.8. The molecule has 1 amide bonds. The SMILES string of the molecule is CCN1CCOC(CN2CCNC(C)C2=O)C1. The zero-order chi connectivity index (χ0) is 12.3. The molecule has 98 valence electrons. The molecule has 2 saturated heterocycles. The van der Waals surface area contributed by atoms with Crippen LogP contribution in [0, 0.1) is 0 Å². The Morgan fingerprint density at radius 3 is 3.06 bits per heavy atom. The number of morpholine rings is 1. The van der Waals surface area contributed by atoms with Crippen molar-refractivity contribution in [1.82, 2.24) is 15.1 Å². The zero-order valence-electron chi connectivity index (χ0n) is 10.8. The van der Waals surface area contributed by atoms with Gasteiger partial charge in [0.05, 0.1) is 18.8 Å². The van der Waals surface area contributed by atoms with E-state index in [1.165, 1.54) is 0 Å². The largest absolute Gasteiger partial charge is 0.374 e. The predicted molar refractivity (Wildman–Crippen MR) is 65.9 cm³/mol. The third-order valence-electron chi connectivity index (χ3n) is 3.61. The van der Waals surface area contributed by atoms with Gasteiger partial charge in [0.25, 0.3) is 0 Å². The molecule has 0 aromatic rings. The first-order valence-electron chi connectivity index (χ1n) is 6.57. The molecule has 0 aromatic heterocycles. The summed E-state index contributed by atoms with van der Waals surface area (Å²) in [5.41, 5.74) is 0. The van der Waals surface area contributed by atoms with Crippen molar-refractivity contribution in [3.63, 3.8) is 0 Å². The monoisotopic (exact) mass is 241 g/mol. The number of hydrogen-bond donors (Lipinski definition) is 1. The molecule has 5 heteroatoms. The first-order chi connectivity index (χ1) is 8.20. The lowest BCUT2D eigenvalue weighted by molar-refractivity contribution is -0.138. The van der Waals surface area contributed by atoms with Gasteiger partial charge in [-0.1, -0.05) is 6.92 Å². The molecule has 2 rings (SSSR count). The maximum Gasteiger partial charge on any atom is 0.239 e. The Balaban J connectivity index is 1.85. The van der Waals surface area contributed by atoms with Crippen LogP contribution >= 0.6 is 0 Å². The molecule has 0 radical (unpaired) electrons. The van der Waals surface area contributed by atoms with E-state index >= 15 is 0 Å². The molecule has 2 aliphatic rings. The topological polar surface area (TPSA) is 44.8 Å². The zero-order valence-corrected chi connectivity index (χ0v) is 10.8. The van der Waals surface area contributed by atoms with Gasteiger partial charge in [0, 0.05) is 32.7 Å². The summed E-state index contributed by atoms with van der Waals surface area (Å²) in [6, 6.07) is -0.0466. The number of rotatable bonds is 3. The van der Waals surface area contributed by atoms with Gasteiger partial charge in [0.1, 0.15) is 0 Å². The number of hydrogen-bond acceptors (Lipinski definition) is 4. The second kappa shape index (κ2) is 5.80. The van der Waals surface area contributed by atoms with Crippen LogP contribution in [0.25, 0.3) is 0 Å². The number of likely N-dealkylation sites (N-methyl/N-ethyl adjacent to an activating group) is 1. The Kier molecular flexibility index (Phi) is 4.36. The fourth-order valence-corrected chi connectivity index (χ4v) is 2.49. The highest BCUT2D eigenvalue weighted by atomic mass is 16.5. The second-order valence-electron chi connectivity index (χ2n) is 4.85. The lowest BCUT2D eigenvalue weighted by atomic mass is 10.2. The number of carbonyl (C=O) groups excluding carboxylic acids is 1. The van der Waals surface area contributed by atoms with E-state index in [0.29, 0.717) is 0 Å². The van der Waals surface area contributed by atoms with Crippen LogP contribution in [-0.4, -0.2) is 73.7 Å². The minimum atomic E-state index is -0.0466. The number of amides is 1. The molecular weight excluding hydrogens is 218 g/mol. The van der Waals surface area contributed by atoms with Gasteiger partial charge in [-0.05, 0) is 13.5 Å². The normalized spacial score (nSPS) is 31.9. The Labute approximate surface area is 103 Å². The Hall–Kier alpha value is -0.650. The van der Waals surface area contributed by atoms with Crippen LogP contribution in [0.2, 0.25) is 0 Å². The van der Waals surface area contributed by atoms with Gasteiger partial charge >= 0.3 is 0 Å². The molecule has 0 aromatic carbocycles. The smallest absolute Gasteiger partial charge is 0.239 e. The Morgan fingerprint density at radius 2 is 2.29 bits per heavy atom. The Morgan fingerprint density at radius 1 is 1.47 bits per heavy atom. The number of piperazine rings is 1. The van der Waals surface area contributed by atoms with Crippen molar-refractivity contribution in [3.8, 4) is 0 Å². The van der Waals surface area contributed by atoms with Crippen LogP contribution in [0.4, 0.5) is 0 Å². The quantitative estimate of drug-likeness (QED) is 0.725. The van der Waals surface area contributed by atoms with E-state index in [1.54, 1.807) is 0 Å². The average molecular weight is 241 g/mol. The lowest BCUT2D eigenvalue weighted by Gasteiger charge is -2.37. The predicted octanol–water partition coefficient (Wildman–Crippen LogP) is -0.473. The van der Waals surface area contributed by atoms with E-state index in [4.69, 9.17) is 4.74 Å². The van der Waals surface area contributed by atoms with Crippen molar-refractivity contribution >= 4 is 5.91 Å². The highest BCUT2D eigenvalue weighted by Crippen LogP contribution is 2.09. The summed E-state index contributed by atoms with van der Waals surface area (Å²) in [4.78, 5) is 16.3. The van der Waals surface area contributed by atoms with Gasteiger partial charge in [-0.2, -0.15) is 0 Å². The van der Waals surface area contributed by atoms with E-state index in [0.717, 1.165) is 45.9 Å². The molecule has 2 aliphatic heterocycles. The van der Waals surface area contributed by atoms with Crippen molar-refractivity contribution in [2.24, 2.45) is 0 Å². The van der Waals surface area contributed by atoms with Crippen LogP contribution in [0.3, 0.4) is 0 Å². The van der Waals surface area contributed by atoms with Gasteiger partial charge in [-0.15, -0.1) is 0 Å². The third kappa shape index (κ3) is 3.18. The molecule has 17 heavy (non-hydrogen) atoms. The highest BCUT2D eigenvalue weighted by molar-refractivity contribution is 5.82. The summed E-state index contributed by atoms with van der Waals surface area (Å²) in [6.07, 6.45) is 0.179.